The topological polar surface area (TPSA) is 48.0 Å². The van der Waals surface area contributed by atoms with Gasteiger partial charge in [0.25, 0.3) is 0 Å². The lowest BCUT2D eigenvalue weighted by Crippen LogP contribution is -2.25. The molecule has 1 aromatic heterocycles. The zero-order valence-electron chi connectivity index (χ0n) is 9.53. The molecule has 0 fully saturated rings. The Labute approximate surface area is 95.5 Å². The van der Waals surface area contributed by atoms with E-state index in [9.17, 15) is 5.11 Å². The van der Waals surface area contributed by atoms with Gasteiger partial charge in [-0.05, 0) is 35.6 Å². The number of aliphatic hydroxyl groups is 1. The van der Waals surface area contributed by atoms with Gasteiger partial charge in [0.1, 0.15) is 0 Å². The molecule has 3 nitrogen and oxygen atoms in total. The maximum absolute atomic E-state index is 9.41. The lowest BCUT2D eigenvalue weighted by atomic mass is 10.1. The van der Waals surface area contributed by atoms with Gasteiger partial charge in [-0.15, -0.1) is 0 Å². The first-order valence-electron chi connectivity index (χ1n) is 5.74. The van der Waals surface area contributed by atoms with Crippen molar-refractivity contribution in [2.45, 2.75) is 26.0 Å². The molecule has 1 unspecified atom stereocenters. The van der Waals surface area contributed by atoms with Crippen molar-refractivity contribution in [1.29, 1.82) is 0 Å². The number of nitrogens with one attached hydrogen (secondary N) is 2. The van der Waals surface area contributed by atoms with Crippen LogP contribution >= 0.6 is 0 Å². The Morgan fingerprint density at radius 1 is 1.38 bits per heavy atom. The van der Waals surface area contributed by atoms with Crippen LogP contribution < -0.4 is 5.32 Å². The van der Waals surface area contributed by atoms with E-state index in [1.807, 2.05) is 13.1 Å². The molecular formula is C13H18N2O. The highest BCUT2D eigenvalue weighted by Gasteiger charge is 2.00. The first kappa shape index (κ1) is 11.2. The summed E-state index contributed by atoms with van der Waals surface area (Å²) in [6, 6.07) is 8.42. The van der Waals surface area contributed by atoms with Crippen molar-refractivity contribution < 1.29 is 5.11 Å². The normalized spacial score (nSPS) is 13.1. The number of fused-ring (bicyclic) bond motifs is 1. The predicted octanol–water partition coefficient (Wildman–Crippen LogP) is 2.03. The summed E-state index contributed by atoms with van der Waals surface area (Å²) < 4.78 is 0. The van der Waals surface area contributed by atoms with E-state index in [2.05, 4.69) is 34.6 Å². The number of hydrogen-bond donors (Lipinski definition) is 3. The van der Waals surface area contributed by atoms with Crippen LogP contribution in [0.4, 0.5) is 0 Å². The number of aromatic nitrogens is 1. The van der Waals surface area contributed by atoms with Crippen molar-refractivity contribution in [3.05, 3.63) is 36.0 Å². The van der Waals surface area contributed by atoms with Crippen molar-refractivity contribution in [3.63, 3.8) is 0 Å². The largest absolute Gasteiger partial charge is 0.392 e. The SMILES string of the molecule is CCC(O)CNCc1ccc2[nH]ccc2c1. The average Bonchev–Trinajstić information content (AvgIpc) is 2.76. The van der Waals surface area contributed by atoms with Crippen LogP contribution in [0.5, 0.6) is 0 Å². The Hall–Kier alpha value is -1.32. The smallest absolute Gasteiger partial charge is 0.0662 e. The molecule has 0 aliphatic rings. The monoisotopic (exact) mass is 218 g/mol. The highest BCUT2D eigenvalue weighted by molar-refractivity contribution is 5.79. The third kappa shape index (κ3) is 2.62. The maximum atomic E-state index is 9.41. The molecule has 16 heavy (non-hydrogen) atoms. The Morgan fingerprint density at radius 3 is 3.06 bits per heavy atom. The molecule has 0 aliphatic heterocycles. The van der Waals surface area contributed by atoms with E-state index in [0.717, 1.165) is 18.5 Å². The summed E-state index contributed by atoms with van der Waals surface area (Å²) in [6.07, 6.45) is 2.50. The molecule has 0 saturated heterocycles. The van der Waals surface area contributed by atoms with Gasteiger partial charge >= 0.3 is 0 Å². The van der Waals surface area contributed by atoms with Gasteiger partial charge in [-0.1, -0.05) is 13.0 Å². The van der Waals surface area contributed by atoms with E-state index >= 15 is 0 Å². The number of H-pyrrole nitrogens is 1. The van der Waals surface area contributed by atoms with Gasteiger partial charge in [0.15, 0.2) is 0 Å². The molecule has 2 aromatic rings. The van der Waals surface area contributed by atoms with Crippen molar-refractivity contribution in [2.24, 2.45) is 0 Å². The van der Waals surface area contributed by atoms with Crippen LogP contribution in [0, 0.1) is 0 Å². The fraction of sp³-hybridized carbons (Fsp3) is 0.385. The van der Waals surface area contributed by atoms with E-state index in [1.54, 1.807) is 0 Å². The molecule has 0 radical (unpaired) electrons. The van der Waals surface area contributed by atoms with Crippen LogP contribution in [0.15, 0.2) is 30.5 Å². The molecule has 1 atom stereocenters. The molecule has 1 heterocycles. The number of rotatable bonds is 5. The number of aliphatic hydroxyl groups excluding tert-OH is 1. The predicted molar refractivity (Wildman–Crippen MR) is 66.3 cm³/mol. The van der Waals surface area contributed by atoms with Crippen molar-refractivity contribution in [3.8, 4) is 0 Å². The average molecular weight is 218 g/mol. The summed E-state index contributed by atoms with van der Waals surface area (Å²) in [4.78, 5) is 3.17. The quantitative estimate of drug-likeness (QED) is 0.719. The highest BCUT2D eigenvalue weighted by Crippen LogP contribution is 2.13. The standard InChI is InChI=1S/C13H18N2O/c1-2-12(16)9-14-8-10-3-4-13-11(7-10)5-6-15-13/h3-7,12,14-16H,2,8-9H2,1H3. The molecule has 0 spiro atoms. The van der Waals surface area contributed by atoms with Crippen LogP contribution in [0.2, 0.25) is 0 Å². The van der Waals surface area contributed by atoms with Crippen LogP contribution in [-0.4, -0.2) is 22.7 Å². The molecule has 86 valence electrons. The van der Waals surface area contributed by atoms with Crippen LogP contribution in [-0.2, 0) is 6.54 Å². The molecule has 1 aromatic carbocycles. The van der Waals surface area contributed by atoms with Crippen molar-refractivity contribution in [1.82, 2.24) is 10.3 Å². The molecule has 0 bridgehead atoms. The Bertz CT molecular complexity index is 450. The molecule has 0 aliphatic carbocycles. The third-order valence-electron chi connectivity index (χ3n) is 2.80. The number of benzene rings is 1. The lowest BCUT2D eigenvalue weighted by molar-refractivity contribution is 0.167. The fourth-order valence-corrected chi connectivity index (χ4v) is 1.74. The van der Waals surface area contributed by atoms with Crippen LogP contribution in [0.25, 0.3) is 10.9 Å². The maximum Gasteiger partial charge on any atom is 0.0662 e. The molecule has 0 amide bonds. The van der Waals surface area contributed by atoms with Gasteiger partial charge in [-0.3, -0.25) is 0 Å². The Morgan fingerprint density at radius 2 is 2.25 bits per heavy atom. The Balaban J connectivity index is 1.93. The first-order chi connectivity index (χ1) is 7.79. The van der Waals surface area contributed by atoms with E-state index < -0.39 is 0 Å². The number of hydrogen-bond acceptors (Lipinski definition) is 2. The van der Waals surface area contributed by atoms with Gasteiger partial charge in [-0.25, -0.2) is 0 Å². The van der Waals surface area contributed by atoms with E-state index in [0.29, 0.717) is 6.54 Å². The van der Waals surface area contributed by atoms with E-state index in [-0.39, 0.29) is 6.10 Å². The second-order valence-corrected chi connectivity index (χ2v) is 4.09. The Kier molecular flexibility index (Phi) is 3.59. The van der Waals surface area contributed by atoms with Crippen molar-refractivity contribution >= 4 is 10.9 Å². The second-order valence-electron chi connectivity index (χ2n) is 4.09. The minimum Gasteiger partial charge on any atom is -0.392 e. The highest BCUT2D eigenvalue weighted by atomic mass is 16.3. The summed E-state index contributed by atoms with van der Waals surface area (Å²) in [6.45, 7) is 3.44. The fourth-order valence-electron chi connectivity index (χ4n) is 1.74. The minimum absolute atomic E-state index is 0.240. The van der Waals surface area contributed by atoms with Gasteiger partial charge in [0, 0.05) is 24.8 Å². The summed E-state index contributed by atoms with van der Waals surface area (Å²) in [5, 5.41) is 13.9. The van der Waals surface area contributed by atoms with Crippen LogP contribution in [0.3, 0.4) is 0 Å². The second kappa shape index (κ2) is 5.14. The summed E-state index contributed by atoms with van der Waals surface area (Å²) in [5.41, 5.74) is 2.41. The molecule has 2 rings (SSSR count). The zero-order valence-corrected chi connectivity index (χ0v) is 9.53. The molecular weight excluding hydrogens is 200 g/mol. The minimum atomic E-state index is -0.240. The summed E-state index contributed by atoms with van der Waals surface area (Å²) in [7, 11) is 0. The van der Waals surface area contributed by atoms with Crippen LogP contribution in [0.1, 0.15) is 18.9 Å². The summed E-state index contributed by atoms with van der Waals surface area (Å²) >= 11 is 0. The van der Waals surface area contributed by atoms with Gasteiger partial charge in [0.2, 0.25) is 0 Å². The molecule has 3 N–H and O–H groups in total. The van der Waals surface area contributed by atoms with Gasteiger partial charge < -0.3 is 15.4 Å². The molecule has 0 saturated carbocycles. The van der Waals surface area contributed by atoms with Gasteiger partial charge in [-0.2, -0.15) is 0 Å². The van der Waals surface area contributed by atoms with Crippen molar-refractivity contribution in [2.75, 3.05) is 6.54 Å². The third-order valence-corrected chi connectivity index (χ3v) is 2.80. The first-order valence-corrected chi connectivity index (χ1v) is 5.74. The molecule has 3 heteroatoms. The van der Waals surface area contributed by atoms with E-state index in [1.165, 1.54) is 10.9 Å². The lowest BCUT2D eigenvalue weighted by Gasteiger charge is -2.09. The van der Waals surface area contributed by atoms with Gasteiger partial charge in [0.05, 0.1) is 6.10 Å². The zero-order chi connectivity index (χ0) is 11.4. The van der Waals surface area contributed by atoms with E-state index in [4.69, 9.17) is 0 Å². The summed E-state index contributed by atoms with van der Waals surface area (Å²) in [5.74, 6) is 0. The number of aromatic amines is 1.